The topological polar surface area (TPSA) is 156 Å². The molecule has 1 amide bonds. The SMILES string of the molecule is CCN1N[NH2+]c2c1ccc([C@H](c1ccc(C)c(CNS(=O)(=O)c3ccccc3O)c1)C(C)(C)NC(=O)c1ccn[nH]1)c2C. The van der Waals surface area contributed by atoms with E-state index in [1.54, 1.807) is 18.2 Å². The second kappa shape index (κ2) is 11.8. The number of nitrogens with one attached hydrogen (secondary N) is 4. The lowest BCUT2D eigenvalue weighted by molar-refractivity contribution is -0.626. The normalized spacial score (nSPS) is 14.0. The third-order valence-electron chi connectivity index (χ3n) is 8.03. The third-order valence-corrected chi connectivity index (χ3v) is 9.48. The fourth-order valence-corrected chi connectivity index (χ4v) is 6.83. The second-order valence-electron chi connectivity index (χ2n) is 11.3. The minimum absolute atomic E-state index is 0.0241. The molecule has 2 heterocycles. The summed E-state index contributed by atoms with van der Waals surface area (Å²) in [5, 5.41) is 22.1. The van der Waals surface area contributed by atoms with E-state index in [-0.39, 0.29) is 29.0 Å². The zero-order valence-electron chi connectivity index (χ0n) is 24.9. The lowest BCUT2D eigenvalue weighted by Gasteiger charge is -2.37. The van der Waals surface area contributed by atoms with Gasteiger partial charge in [0.05, 0.1) is 0 Å². The molecule has 1 aromatic heterocycles. The molecule has 11 nitrogen and oxygen atoms in total. The van der Waals surface area contributed by atoms with Crippen LogP contribution in [0.15, 0.2) is 71.8 Å². The molecule has 1 atom stereocenters. The number of nitrogens with zero attached hydrogens (tertiary/aromatic N) is 2. The number of aromatic amines is 1. The molecule has 0 bridgehead atoms. The Kier molecular flexibility index (Phi) is 8.30. The van der Waals surface area contributed by atoms with Gasteiger partial charge in [0.2, 0.25) is 10.0 Å². The molecule has 43 heavy (non-hydrogen) atoms. The largest absolute Gasteiger partial charge is 0.507 e. The number of H-pyrrole nitrogens is 1. The zero-order chi connectivity index (χ0) is 30.9. The number of rotatable bonds is 10. The van der Waals surface area contributed by atoms with Gasteiger partial charge in [-0.05, 0) is 81.1 Å². The van der Waals surface area contributed by atoms with Gasteiger partial charge in [0.25, 0.3) is 5.91 Å². The van der Waals surface area contributed by atoms with E-state index in [9.17, 15) is 18.3 Å². The maximum Gasteiger partial charge on any atom is 0.269 e. The molecule has 0 fully saturated rings. The van der Waals surface area contributed by atoms with E-state index in [2.05, 4.69) is 56.8 Å². The summed E-state index contributed by atoms with van der Waals surface area (Å²) in [4.78, 5) is 13.1. The van der Waals surface area contributed by atoms with Crippen molar-refractivity contribution < 1.29 is 23.7 Å². The molecule has 12 heteroatoms. The predicted molar refractivity (Wildman–Crippen MR) is 164 cm³/mol. The fourth-order valence-electron chi connectivity index (χ4n) is 5.73. The number of carbonyl (C=O) groups is 1. The Labute approximate surface area is 251 Å². The Bertz CT molecular complexity index is 1750. The Hall–Kier alpha value is -4.23. The van der Waals surface area contributed by atoms with Gasteiger partial charge < -0.3 is 10.4 Å². The fraction of sp³-hybridized carbons (Fsp3) is 0.290. The number of hydrogen-bond donors (Lipinski definition) is 6. The zero-order valence-corrected chi connectivity index (χ0v) is 25.7. The van der Waals surface area contributed by atoms with Gasteiger partial charge in [0, 0.05) is 36.3 Å². The lowest BCUT2D eigenvalue weighted by atomic mass is 9.74. The number of sulfonamides is 1. The molecule has 4 aromatic rings. The van der Waals surface area contributed by atoms with Gasteiger partial charge in [-0.15, -0.1) is 0 Å². The van der Waals surface area contributed by atoms with Gasteiger partial charge in [0.15, 0.2) is 5.69 Å². The highest BCUT2D eigenvalue weighted by atomic mass is 32.2. The molecule has 226 valence electrons. The number of benzene rings is 3. The molecule has 0 aliphatic carbocycles. The number of nitrogens with two attached hydrogens (primary N) is 1. The Morgan fingerprint density at radius 3 is 2.58 bits per heavy atom. The maximum atomic E-state index is 13.2. The summed E-state index contributed by atoms with van der Waals surface area (Å²) in [5.74, 6) is -0.891. The van der Waals surface area contributed by atoms with Crippen molar-refractivity contribution in [1.29, 1.82) is 0 Å². The molecule has 0 saturated carbocycles. The van der Waals surface area contributed by atoms with E-state index < -0.39 is 15.6 Å². The van der Waals surface area contributed by atoms with Crippen LogP contribution in [-0.2, 0) is 16.6 Å². The van der Waals surface area contributed by atoms with Crippen molar-refractivity contribution in [2.45, 2.75) is 57.5 Å². The first-order valence-electron chi connectivity index (χ1n) is 14.1. The molecule has 1 aliphatic heterocycles. The van der Waals surface area contributed by atoms with E-state index >= 15 is 0 Å². The van der Waals surface area contributed by atoms with E-state index in [0.717, 1.165) is 45.7 Å². The number of para-hydroxylation sites is 1. The molecule has 5 rings (SSSR count). The molecule has 0 unspecified atom stereocenters. The van der Waals surface area contributed by atoms with Gasteiger partial charge in [-0.3, -0.25) is 14.9 Å². The van der Waals surface area contributed by atoms with Crippen LogP contribution in [0.2, 0.25) is 0 Å². The van der Waals surface area contributed by atoms with Crippen molar-refractivity contribution in [2.75, 3.05) is 11.6 Å². The number of aryl methyl sites for hydroxylation is 1. The van der Waals surface area contributed by atoms with Crippen molar-refractivity contribution >= 4 is 27.3 Å². The number of amides is 1. The Balaban J connectivity index is 1.55. The van der Waals surface area contributed by atoms with Gasteiger partial charge in [-0.1, -0.05) is 41.9 Å². The number of carbonyl (C=O) groups excluding carboxylic acids is 1. The minimum Gasteiger partial charge on any atom is -0.507 e. The number of phenols is 1. The summed E-state index contributed by atoms with van der Waals surface area (Å²) in [6, 6.07) is 17.7. The number of aromatic hydroxyl groups is 1. The van der Waals surface area contributed by atoms with Crippen LogP contribution in [0.3, 0.4) is 0 Å². The number of hydrogen-bond acceptors (Lipinski definition) is 7. The maximum absolute atomic E-state index is 13.2. The van der Waals surface area contributed by atoms with Crippen molar-refractivity contribution in [3.63, 3.8) is 0 Å². The number of phenolic OH excluding ortho intramolecular Hbond substituents is 1. The van der Waals surface area contributed by atoms with Crippen LogP contribution in [0, 0.1) is 13.8 Å². The van der Waals surface area contributed by atoms with Gasteiger partial charge in [-0.2, -0.15) is 5.10 Å². The number of hydrazine groups is 1. The molecule has 1 aliphatic rings. The first kappa shape index (κ1) is 30.2. The van der Waals surface area contributed by atoms with Crippen LogP contribution in [0.25, 0.3) is 0 Å². The molecule has 7 N–H and O–H groups in total. The van der Waals surface area contributed by atoms with E-state index in [1.807, 2.05) is 44.4 Å². The van der Waals surface area contributed by atoms with Crippen LogP contribution in [0.1, 0.15) is 65.0 Å². The summed E-state index contributed by atoms with van der Waals surface area (Å²) in [5.41, 5.74) is 11.8. The number of quaternary nitrogens is 1. The van der Waals surface area contributed by atoms with Gasteiger partial charge >= 0.3 is 0 Å². The summed E-state index contributed by atoms with van der Waals surface area (Å²) < 4.78 is 28.7. The highest BCUT2D eigenvalue weighted by Crippen LogP contribution is 2.41. The summed E-state index contributed by atoms with van der Waals surface area (Å²) in [6.07, 6.45) is 1.54. The van der Waals surface area contributed by atoms with Crippen LogP contribution >= 0.6 is 0 Å². The van der Waals surface area contributed by atoms with Crippen molar-refractivity contribution in [3.05, 3.63) is 100 Å². The van der Waals surface area contributed by atoms with Crippen molar-refractivity contribution in [3.8, 4) is 5.75 Å². The van der Waals surface area contributed by atoms with Crippen molar-refractivity contribution in [1.82, 2.24) is 25.8 Å². The van der Waals surface area contributed by atoms with E-state index in [0.29, 0.717) is 5.69 Å². The van der Waals surface area contributed by atoms with Crippen LogP contribution in [0.5, 0.6) is 5.75 Å². The summed E-state index contributed by atoms with van der Waals surface area (Å²) in [7, 11) is -3.96. The molecular weight excluding hydrogens is 566 g/mol. The number of anilines is 1. The average Bonchev–Trinajstić information content (AvgIpc) is 3.65. The second-order valence-corrected chi connectivity index (χ2v) is 13.0. The van der Waals surface area contributed by atoms with Crippen LogP contribution < -0.4 is 26.0 Å². The van der Waals surface area contributed by atoms with Crippen LogP contribution in [0.4, 0.5) is 11.4 Å². The van der Waals surface area contributed by atoms with E-state index in [1.165, 1.54) is 18.3 Å². The average molecular weight is 605 g/mol. The molecule has 0 saturated heterocycles. The van der Waals surface area contributed by atoms with Crippen LogP contribution in [-0.4, -0.2) is 41.7 Å². The number of fused-ring (bicyclic) bond motifs is 1. The van der Waals surface area contributed by atoms with Gasteiger partial charge in [-0.25, -0.2) is 18.6 Å². The highest BCUT2D eigenvalue weighted by molar-refractivity contribution is 7.89. The molecule has 0 spiro atoms. The highest BCUT2D eigenvalue weighted by Gasteiger charge is 2.38. The quantitative estimate of drug-likeness (QED) is 0.120. The Morgan fingerprint density at radius 1 is 1.12 bits per heavy atom. The molecule has 0 radical (unpaired) electrons. The summed E-state index contributed by atoms with van der Waals surface area (Å²) >= 11 is 0. The minimum atomic E-state index is -3.96. The van der Waals surface area contributed by atoms with Gasteiger partial charge in [0.1, 0.15) is 22.0 Å². The van der Waals surface area contributed by atoms with E-state index in [4.69, 9.17) is 0 Å². The predicted octanol–water partition coefficient (Wildman–Crippen LogP) is 3.01. The monoisotopic (exact) mass is 604 g/mol. The first-order chi connectivity index (χ1) is 20.4. The van der Waals surface area contributed by atoms with Crippen molar-refractivity contribution in [2.24, 2.45) is 0 Å². The smallest absolute Gasteiger partial charge is 0.269 e. The molecule has 3 aromatic carbocycles. The third kappa shape index (κ3) is 6.00. The lowest BCUT2D eigenvalue weighted by Crippen LogP contribution is -2.88. The first-order valence-corrected chi connectivity index (χ1v) is 15.6. The number of aromatic nitrogens is 2. The summed E-state index contributed by atoms with van der Waals surface area (Å²) in [6.45, 7) is 10.9. The molecular formula is C31H38N7O4S+. The Morgan fingerprint density at radius 2 is 1.88 bits per heavy atom. The standard InChI is InChI=1S/C31H37N7O4S/c1-6-38-25-14-13-23(20(3)29(25)36-37-38)28(31(4,5)34-30(40)24-15-16-32-35-24)21-12-11-19(2)22(17-21)18-33-43(41,42)27-10-8-7-9-26(27)39/h7-17,28,33,36-37,39H,6,18H2,1-5H3,(H,32,35)(H,34,40)/p+1/t28-/m0/s1.